The molecule has 2 amide bonds. The Bertz CT molecular complexity index is 1750. The number of nitriles is 1. The Morgan fingerprint density at radius 3 is 2.47 bits per heavy atom. The Balaban J connectivity index is 1.35. The molecule has 230 valence electrons. The molecular weight excluding hydrogens is 599 g/mol. The SMILES string of the molecule is C=NP(OCCC#N)OC1[C@@H]2OC[C@]1(CC)O[C@H]2n1cnc2c(NC(=O)c3ccccc3)nc(NC(=O)c3ccccc3)nc21. The van der Waals surface area contributed by atoms with E-state index in [4.69, 9.17) is 23.8 Å². The third kappa shape index (κ3) is 6.04. The van der Waals surface area contributed by atoms with Gasteiger partial charge in [-0.25, -0.2) is 9.75 Å². The fraction of sp³-hybridized carbons (Fsp3) is 0.300. The van der Waals surface area contributed by atoms with Crippen LogP contribution in [-0.4, -0.2) is 69.1 Å². The summed E-state index contributed by atoms with van der Waals surface area (Å²) in [5, 5.41) is 14.4. The number of carbonyl (C=O) groups is 2. The number of fused-ring (bicyclic) bond motifs is 3. The van der Waals surface area contributed by atoms with Crippen LogP contribution in [0, 0.1) is 11.3 Å². The summed E-state index contributed by atoms with van der Waals surface area (Å²) in [6, 6.07) is 19.3. The molecule has 5 atom stereocenters. The highest BCUT2D eigenvalue weighted by atomic mass is 31.2. The number of hydrogen-bond acceptors (Lipinski definition) is 11. The van der Waals surface area contributed by atoms with Gasteiger partial charge < -0.3 is 23.8 Å². The van der Waals surface area contributed by atoms with Crippen molar-refractivity contribution in [2.45, 2.75) is 43.8 Å². The van der Waals surface area contributed by atoms with Gasteiger partial charge in [-0.15, -0.1) is 0 Å². The predicted octanol–water partition coefficient (Wildman–Crippen LogP) is 4.65. The van der Waals surface area contributed by atoms with Crippen molar-refractivity contribution in [1.29, 1.82) is 5.26 Å². The van der Waals surface area contributed by atoms with Crippen molar-refractivity contribution in [2.24, 2.45) is 4.76 Å². The summed E-state index contributed by atoms with van der Waals surface area (Å²) < 4.78 is 30.3. The summed E-state index contributed by atoms with van der Waals surface area (Å²) in [5.74, 6) is -0.789. The van der Waals surface area contributed by atoms with Crippen molar-refractivity contribution in [3.8, 4) is 6.07 Å². The quantitative estimate of drug-likeness (QED) is 0.128. The van der Waals surface area contributed by atoms with Crippen LogP contribution in [0.5, 0.6) is 0 Å². The highest BCUT2D eigenvalue weighted by Gasteiger charge is 2.63. The van der Waals surface area contributed by atoms with Gasteiger partial charge in [0.1, 0.15) is 17.8 Å². The zero-order valence-corrected chi connectivity index (χ0v) is 25.1. The second-order valence-corrected chi connectivity index (χ2v) is 11.4. The molecule has 15 heteroatoms. The third-order valence-electron chi connectivity index (χ3n) is 7.53. The van der Waals surface area contributed by atoms with Crippen molar-refractivity contribution in [3.05, 3.63) is 78.1 Å². The van der Waals surface area contributed by atoms with E-state index in [0.717, 1.165) is 0 Å². The molecule has 2 bridgehead atoms. The van der Waals surface area contributed by atoms with E-state index in [1.165, 1.54) is 6.33 Å². The van der Waals surface area contributed by atoms with Crippen molar-refractivity contribution < 1.29 is 28.1 Å². The van der Waals surface area contributed by atoms with E-state index in [1.54, 1.807) is 59.2 Å². The second kappa shape index (κ2) is 13.2. The summed E-state index contributed by atoms with van der Waals surface area (Å²) in [4.78, 5) is 39.8. The maximum Gasteiger partial charge on any atom is 0.310 e. The molecule has 2 saturated heterocycles. The summed E-state index contributed by atoms with van der Waals surface area (Å²) in [6.07, 6.45) is 0.357. The number of aromatic nitrogens is 4. The predicted molar refractivity (Wildman–Crippen MR) is 165 cm³/mol. The first-order valence-electron chi connectivity index (χ1n) is 14.2. The maximum atomic E-state index is 13.1. The van der Waals surface area contributed by atoms with Crippen molar-refractivity contribution in [3.63, 3.8) is 0 Å². The number of benzene rings is 2. The number of carbonyl (C=O) groups excluding carboxylic acids is 2. The van der Waals surface area contributed by atoms with E-state index in [1.807, 2.05) is 19.1 Å². The Morgan fingerprint density at radius 1 is 1.13 bits per heavy atom. The van der Waals surface area contributed by atoms with E-state index >= 15 is 0 Å². The molecular formula is C30H29N8O6P. The van der Waals surface area contributed by atoms with Gasteiger partial charge >= 0.3 is 8.53 Å². The van der Waals surface area contributed by atoms with Crippen LogP contribution in [-0.2, 0) is 18.5 Å². The van der Waals surface area contributed by atoms with Gasteiger partial charge in [0.15, 0.2) is 23.2 Å². The van der Waals surface area contributed by atoms with Gasteiger partial charge in [0.2, 0.25) is 5.95 Å². The number of nitrogens with zero attached hydrogens (tertiary/aromatic N) is 6. The zero-order chi connectivity index (χ0) is 31.4. The van der Waals surface area contributed by atoms with Gasteiger partial charge in [-0.05, 0) is 37.4 Å². The first-order chi connectivity index (χ1) is 22.0. The second-order valence-electron chi connectivity index (χ2n) is 10.2. The number of amides is 2. The molecule has 6 rings (SSSR count). The van der Waals surface area contributed by atoms with E-state index < -0.39 is 44.4 Å². The monoisotopic (exact) mass is 628 g/mol. The highest BCUT2D eigenvalue weighted by molar-refractivity contribution is 7.45. The zero-order valence-electron chi connectivity index (χ0n) is 24.2. The molecule has 4 heterocycles. The molecule has 2 aromatic heterocycles. The lowest BCUT2D eigenvalue weighted by Gasteiger charge is -2.30. The van der Waals surface area contributed by atoms with E-state index in [2.05, 4.69) is 37.1 Å². The van der Waals surface area contributed by atoms with E-state index in [9.17, 15) is 9.59 Å². The van der Waals surface area contributed by atoms with Crippen LogP contribution in [0.4, 0.5) is 11.8 Å². The largest absolute Gasteiger partial charge is 0.368 e. The minimum atomic E-state index is -1.76. The van der Waals surface area contributed by atoms with E-state index in [-0.39, 0.29) is 42.6 Å². The molecule has 4 aromatic rings. The number of imidazole rings is 1. The maximum absolute atomic E-state index is 13.1. The van der Waals surface area contributed by atoms with Gasteiger partial charge in [-0.3, -0.25) is 19.5 Å². The lowest BCUT2D eigenvalue weighted by Crippen LogP contribution is -2.40. The summed E-state index contributed by atoms with van der Waals surface area (Å²) >= 11 is 0. The molecule has 0 radical (unpaired) electrons. The molecule has 2 aliphatic heterocycles. The molecule has 2 unspecified atom stereocenters. The Labute approximate surface area is 259 Å². The molecule has 0 saturated carbocycles. The molecule has 45 heavy (non-hydrogen) atoms. The van der Waals surface area contributed by atoms with Crippen LogP contribution in [0.25, 0.3) is 11.2 Å². The van der Waals surface area contributed by atoms with Crippen LogP contribution < -0.4 is 10.6 Å². The normalized spacial score (nSPS) is 22.5. The lowest BCUT2D eigenvalue weighted by atomic mass is 9.96. The molecule has 2 N–H and O–H groups in total. The van der Waals surface area contributed by atoms with Crippen LogP contribution in [0.2, 0.25) is 0 Å². The van der Waals surface area contributed by atoms with Gasteiger partial charge in [-0.1, -0.05) is 43.3 Å². The van der Waals surface area contributed by atoms with Crippen LogP contribution in [0.1, 0.15) is 46.7 Å². The number of anilines is 2. The summed E-state index contributed by atoms with van der Waals surface area (Å²) in [6.45, 7) is 5.99. The number of rotatable bonds is 12. The standard InChI is InChI=1S/C30H29N8O6P/c1-3-30-17-41-22(23(30)44-45(32-2)42-16-10-15-31)28(43-30)38-18-33-21-24(34-26(39)19-11-6-4-7-12-19)35-29(36-25(21)38)37-27(40)20-13-8-5-9-14-20/h4-9,11-14,18,22-23,28H,2-3,10,16-17H2,1H3,(H2,34,35,36,37,39,40)/t22-,23?,28+,30-,45?/m0/s1. The Hall–Kier alpha value is -4.64. The van der Waals surface area contributed by atoms with Crippen molar-refractivity contribution in [2.75, 3.05) is 23.8 Å². The topological polar surface area (TPSA) is 175 Å². The highest BCUT2D eigenvalue weighted by Crippen LogP contribution is 2.54. The smallest absolute Gasteiger partial charge is 0.310 e. The van der Waals surface area contributed by atoms with Crippen LogP contribution >= 0.6 is 8.53 Å². The van der Waals surface area contributed by atoms with Crippen LogP contribution in [0.15, 0.2) is 71.8 Å². The molecule has 2 aromatic carbocycles. The average Bonchev–Trinajstić information content (AvgIpc) is 3.75. The Kier molecular flexibility index (Phi) is 8.88. The minimum absolute atomic E-state index is 0.0474. The summed E-state index contributed by atoms with van der Waals surface area (Å²) in [5.41, 5.74) is 0.567. The molecule has 14 nitrogen and oxygen atoms in total. The number of ether oxygens (including phenoxy) is 2. The Morgan fingerprint density at radius 2 is 1.82 bits per heavy atom. The first kappa shape index (κ1) is 30.4. The average molecular weight is 629 g/mol. The fourth-order valence-corrected chi connectivity index (χ4v) is 6.22. The van der Waals surface area contributed by atoms with Gasteiger partial charge in [0.25, 0.3) is 11.8 Å². The van der Waals surface area contributed by atoms with E-state index in [0.29, 0.717) is 17.5 Å². The molecule has 2 aliphatic rings. The molecule has 2 fully saturated rings. The van der Waals surface area contributed by atoms with Gasteiger partial charge in [-0.2, -0.15) is 15.2 Å². The fourth-order valence-electron chi connectivity index (χ4n) is 5.25. The summed E-state index contributed by atoms with van der Waals surface area (Å²) in [7, 11) is -1.76. The molecule has 0 spiro atoms. The first-order valence-corrected chi connectivity index (χ1v) is 15.3. The van der Waals surface area contributed by atoms with Crippen LogP contribution in [0.3, 0.4) is 0 Å². The lowest BCUT2D eigenvalue weighted by molar-refractivity contribution is -0.172. The minimum Gasteiger partial charge on any atom is -0.368 e. The van der Waals surface area contributed by atoms with Crippen molar-refractivity contribution >= 4 is 50.0 Å². The van der Waals surface area contributed by atoms with Gasteiger partial charge in [0, 0.05) is 11.1 Å². The third-order valence-corrected chi connectivity index (χ3v) is 8.57. The van der Waals surface area contributed by atoms with Crippen molar-refractivity contribution in [1.82, 2.24) is 19.5 Å². The van der Waals surface area contributed by atoms with Gasteiger partial charge in [0.05, 0.1) is 32.0 Å². The number of hydrogen-bond donors (Lipinski definition) is 2. The molecule has 0 aliphatic carbocycles. The number of nitrogens with one attached hydrogen (secondary N) is 2.